The predicted octanol–water partition coefficient (Wildman–Crippen LogP) is 11.4. The fraction of sp³-hybridized carbons (Fsp3) is 0.267. The van der Waals surface area contributed by atoms with Gasteiger partial charge in [-0.15, -0.1) is 0 Å². The van der Waals surface area contributed by atoms with E-state index in [9.17, 15) is 4.79 Å². The van der Waals surface area contributed by atoms with Crippen molar-refractivity contribution >= 4 is 50.8 Å². The van der Waals surface area contributed by atoms with Crippen LogP contribution in [0.15, 0.2) is 121 Å². The minimum atomic E-state index is -1.18. The van der Waals surface area contributed by atoms with Gasteiger partial charge in [0, 0.05) is 68.7 Å². The van der Waals surface area contributed by atoms with Gasteiger partial charge in [0.15, 0.2) is 5.60 Å². The van der Waals surface area contributed by atoms with Crippen molar-refractivity contribution < 1.29 is 9.53 Å². The molecule has 260 valence electrons. The van der Waals surface area contributed by atoms with E-state index in [2.05, 4.69) is 173 Å². The molecule has 7 rings (SSSR count). The van der Waals surface area contributed by atoms with Crippen molar-refractivity contribution in [3.05, 3.63) is 153 Å². The Morgan fingerprint density at radius 3 is 2.22 bits per heavy atom. The number of ether oxygens (including phenoxy) is 1. The predicted molar refractivity (Wildman–Crippen MR) is 220 cm³/mol. The number of nitrogens with one attached hydrogen (secondary N) is 1. The first-order valence-corrected chi connectivity index (χ1v) is 19.5. The summed E-state index contributed by atoms with van der Waals surface area (Å²) in [6.07, 6.45) is 4.33. The number of nitrogens with zero attached hydrogens (tertiary/aromatic N) is 2. The molecular weight excluding hydrogens is 741 g/mol. The summed E-state index contributed by atoms with van der Waals surface area (Å²) < 4.78 is 10.5. The van der Waals surface area contributed by atoms with Crippen LogP contribution in [0.25, 0.3) is 22.2 Å². The number of aryl methyl sites for hydroxylation is 1. The molecule has 5 nitrogen and oxygen atoms in total. The highest BCUT2D eigenvalue weighted by Gasteiger charge is 2.52. The number of cyclic esters (lactones) is 1. The van der Waals surface area contributed by atoms with E-state index in [1.807, 2.05) is 6.07 Å². The summed E-state index contributed by atoms with van der Waals surface area (Å²) in [7, 11) is 0. The SMILES string of the molecule is CCCCN(Cc1ccccc1)c1ccc(C2(c3c(-c4ccccc4)n(CCCC)c4ccccc34)OC(=O)c3cc(NCC)ccc32)c(I)c1. The molecule has 1 aliphatic rings. The number of carbonyl (C=O) groups is 1. The van der Waals surface area contributed by atoms with Gasteiger partial charge < -0.3 is 19.5 Å². The molecule has 6 heteroatoms. The highest BCUT2D eigenvalue weighted by atomic mass is 127. The second-order valence-corrected chi connectivity index (χ2v) is 14.6. The van der Waals surface area contributed by atoms with Gasteiger partial charge in [0.1, 0.15) is 0 Å². The normalized spacial score (nSPS) is 15.2. The maximum atomic E-state index is 14.3. The zero-order chi connectivity index (χ0) is 35.4. The van der Waals surface area contributed by atoms with E-state index < -0.39 is 5.60 Å². The fourth-order valence-electron chi connectivity index (χ4n) is 7.65. The van der Waals surface area contributed by atoms with Crippen LogP contribution in [-0.4, -0.2) is 23.6 Å². The van der Waals surface area contributed by atoms with Gasteiger partial charge in [-0.25, -0.2) is 4.79 Å². The molecule has 0 bridgehead atoms. The summed E-state index contributed by atoms with van der Waals surface area (Å²) >= 11 is 2.48. The van der Waals surface area contributed by atoms with Crippen molar-refractivity contribution in [1.29, 1.82) is 0 Å². The number of carbonyl (C=O) groups excluding carboxylic acids is 1. The zero-order valence-electron chi connectivity index (χ0n) is 29.8. The molecular formula is C45H46IN3O2. The highest BCUT2D eigenvalue weighted by molar-refractivity contribution is 14.1. The van der Waals surface area contributed by atoms with Crippen LogP contribution in [0.4, 0.5) is 11.4 Å². The Morgan fingerprint density at radius 1 is 0.784 bits per heavy atom. The third-order valence-corrected chi connectivity index (χ3v) is 10.9. The number of halogens is 1. The molecule has 0 aliphatic carbocycles. The zero-order valence-corrected chi connectivity index (χ0v) is 32.0. The molecule has 2 heterocycles. The van der Waals surface area contributed by atoms with Crippen molar-refractivity contribution in [1.82, 2.24) is 4.57 Å². The molecule has 5 aromatic carbocycles. The summed E-state index contributed by atoms with van der Waals surface area (Å²) in [5.74, 6) is -0.303. The lowest BCUT2D eigenvalue weighted by Gasteiger charge is -2.33. The first-order valence-electron chi connectivity index (χ1n) is 18.4. The van der Waals surface area contributed by atoms with E-state index in [1.54, 1.807) is 0 Å². The smallest absolute Gasteiger partial charge is 0.340 e. The van der Waals surface area contributed by atoms with Crippen LogP contribution < -0.4 is 10.2 Å². The van der Waals surface area contributed by atoms with E-state index in [0.29, 0.717) is 5.56 Å². The van der Waals surface area contributed by atoms with Gasteiger partial charge >= 0.3 is 5.97 Å². The first kappa shape index (κ1) is 34.9. The van der Waals surface area contributed by atoms with Crippen molar-refractivity contribution in [3.8, 4) is 11.3 Å². The van der Waals surface area contributed by atoms with Crippen LogP contribution in [0.5, 0.6) is 0 Å². The lowest BCUT2D eigenvalue weighted by Crippen LogP contribution is -2.32. The number of para-hydroxylation sites is 1. The molecule has 0 spiro atoms. The number of rotatable bonds is 14. The monoisotopic (exact) mass is 787 g/mol. The molecule has 6 aromatic rings. The maximum Gasteiger partial charge on any atom is 0.340 e. The van der Waals surface area contributed by atoms with Crippen LogP contribution in [0.2, 0.25) is 0 Å². The maximum absolute atomic E-state index is 14.3. The summed E-state index contributed by atoms with van der Waals surface area (Å²) in [4.78, 5) is 16.8. The van der Waals surface area contributed by atoms with Gasteiger partial charge in [-0.1, -0.05) is 118 Å². The number of aromatic nitrogens is 1. The number of benzene rings is 5. The number of esters is 1. The van der Waals surface area contributed by atoms with E-state index >= 15 is 0 Å². The van der Waals surface area contributed by atoms with Gasteiger partial charge in [0.25, 0.3) is 0 Å². The largest absolute Gasteiger partial charge is 0.440 e. The van der Waals surface area contributed by atoms with Crippen LogP contribution in [0, 0.1) is 3.57 Å². The molecule has 0 saturated heterocycles. The van der Waals surface area contributed by atoms with E-state index in [0.717, 1.165) is 106 Å². The Balaban J connectivity index is 1.51. The second-order valence-electron chi connectivity index (χ2n) is 13.4. The lowest BCUT2D eigenvalue weighted by molar-refractivity contribution is 0.0255. The lowest BCUT2D eigenvalue weighted by atomic mass is 9.77. The third kappa shape index (κ3) is 6.55. The Hall–Kier alpha value is -4.56. The van der Waals surface area contributed by atoms with Crippen molar-refractivity contribution in [3.63, 3.8) is 0 Å². The van der Waals surface area contributed by atoms with Gasteiger partial charge in [-0.05, 0) is 83.8 Å². The average Bonchev–Trinajstić information content (AvgIpc) is 3.65. The minimum Gasteiger partial charge on any atom is -0.440 e. The van der Waals surface area contributed by atoms with E-state index in [1.165, 1.54) is 5.56 Å². The molecule has 1 aliphatic heterocycles. The second kappa shape index (κ2) is 15.4. The summed E-state index contributed by atoms with van der Waals surface area (Å²) in [5, 5.41) is 4.50. The van der Waals surface area contributed by atoms with Gasteiger partial charge in [0.2, 0.25) is 0 Å². The number of unbranched alkanes of at least 4 members (excludes halogenated alkanes) is 2. The van der Waals surface area contributed by atoms with Crippen LogP contribution in [-0.2, 0) is 23.4 Å². The Morgan fingerprint density at radius 2 is 1.49 bits per heavy atom. The van der Waals surface area contributed by atoms with Gasteiger partial charge in [0.05, 0.1) is 11.3 Å². The molecule has 1 atom stereocenters. The third-order valence-electron chi connectivity index (χ3n) is 10.0. The van der Waals surface area contributed by atoms with Crippen LogP contribution >= 0.6 is 22.6 Å². The standard InChI is InChI=1S/C45H46IN3O2/c1-4-7-27-48(31-32-17-11-9-12-18-32)35-24-26-39(40(46)30-35)45(38-25-23-34(47-6-3)29-37(38)44(50)51-45)42-36-21-15-16-22-41(36)49(28-8-5-2)43(42)33-19-13-10-14-20-33/h9-26,29-30,47H,4-8,27-28,31H2,1-3H3. The first-order chi connectivity index (χ1) is 25.0. The molecule has 0 radical (unpaired) electrons. The number of hydrogen-bond donors (Lipinski definition) is 1. The Bertz CT molecular complexity index is 2140. The van der Waals surface area contributed by atoms with Crippen LogP contribution in [0.3, 0.4) is 0 Å². The van der Waals surface area contributed by atoms with Crippen molar-refractivity contribution in [2.45, 2.75) is 65.1 Å². The fourth-order valence-corrected chi connectivity index (χ4v) is 8.53. The Labute approximate surface area is 315 Å². The van der Waals surface area contributed by atoms with Gasteiger partial charge in [-0.3, -0.25) is 0 Å². The van der Waals surface area contributed by atoms with Crippen molar-refractivity contribution in [2.75, 3.05) is 23.3 Å². The quantitative estimate of drug-likeness (QED) is 0.0882. The molecule has 0 saturated carbocycles. The number of fused-ring (bicyclic) bond motifs is 2. The number of hydrogen-bond acceptors (Lipinski definition) is 4. The Kier molecular flexibility index (Phi) is 10.5. The summed E-state index contributed by atoms with van der Waals surface area (Å²) in [6, 6.07) is 42.8. The molecule has 0 amide bonds. The summed E-state index contributed by atoms with van der Waals surface area (Å²) in [5.41, 5.74) is 8.99. The minimum absolute atomic E-state index is 0.303. The molecule has 0 fully saturated rings. The van der Waals surface area contributed by atoms with E-state index in [4.69, 9.17) is 4.74 Å². The highest BCUT2D eigenvalue weighted by Crippen LogP contribution is 2.54. The number of anilines is 2. The molecule has 1 aromatic heterocycles. The van der Waals surface area contributed by atoms with Crippen molar-refractivity contribution in [2.24, 2.45) is 0 Å². The summed E-state index contributed by atoms with van der Waals surface area (Å²) in [6.45, 7) is 9.96. The van der Waals surface area contributed by atoms with E-state index in [-0.39, 0.29) is 5.97 Å². The van der Waals surface area contributed by atoms with Gasteiger partial charge in [-0.2, -0.15) is 0 Å². The molecule has 51 heavy (non-hydrogen) atoms. The molecule has 1 N–H and O–H groups in total. The topological polar surface area (TPSA) is 46.5 Å². The van der Waals surface area contributed by atoms with Crippen LogP contribution in [0.1, 0.15) is 79.1 Å². The average molecular weight is 788 g/mol. The molecule has 1 unspecified atom stereocenters.